The molecule has 152 valence electrons. The number of fused-ring (bicyclic) bond motifs is 1. The summed E-state index contributed by atoms with van der Waals surface area (Å²) in [7, 11) is 0. The molecule has 3 rings (SSSR count). The van der Waals surface area contributed by atoms with Gasteiger partial charge in [-0.15, -0.1) is 0 Å². The number of thioether (sulfide) groups is 1. The van der Waals surface area contributed by atoms with E-state index in [0.29, 0.717) is 26.8 Å². The van der Waals surface area contributed by atoms with Crippen molar-refractivity contribution >= 4 is 40.2 Å². The van der Waals surface area contributed by atoms with Crippen molar-refractivity contribution in [2.75, 3.05) is 0 Å². The fourth-order valence-electron chi connectivity index (χ4n) is 2.90. The van der Waals surface area contributed by atoms with Gasteiger partial charge >= 0.3 is 0 Å². The summed E-state index contributed by atoms with van der Waals surface area (Å²) in [6, 6.07) is 12.7. The number of rotatable bonds is 4. The van der Waals surface area contributed by atoms with E-state index in [4.69, 9.17) is 11.6 Å². The van der Waals surface area contributed by atoms with E-state index >= 15 is 0 Å². The molecule has 1 amide bonds. The molecule has 0 bridgehead atoms. The molecule has 1 aromatic heterocycles. The van der Waals surface area contributed by atoms with Crippen LogP contribution >= 0.6 is 23.4 Å². The van der Waals surface area contributed by atoms with E-state index in [1.807, 2.05) is 52.0 Å². The summed E-state index contributed by atoms with van der Waals surface area (Å²) in [5, 5.41) is 3.97. The smallest absolute Gasteiger partial charge is 0.266 e. The van der Waals surface area contributed by atoms with Crippen LogP contribution in [-0.4, -0.2) is 26.2 Å². The second-order valence-corrected chi connectivity index (χ2v) is 9.78. The lowest BCUT2D eigenvalue weighted by Crippen LogP contribution is -2.44. The number of aromatic nitrogens is 2. The lowest BCUT2D eigenvalue weighted by atomic mass is 10.1. The minimum absolute atomic E-state index is 0.112. The zero-order valence-corrected chi connectivity index (χ0v) is 18.7. The van der Waals surface area contributed by atoms with E-state index in [1.54, 1.807) is 29.7 Å². The van der Waals surface area contributed by atoms with Gasteiger partial charge in [0.2, 0.25) is 5.91 Å². The maximum Gasteiger partial charge on any atom is 0.266 e. The Morgan fingerprint density at radius 3 is 2.59 bits per heavy atom. The molecule has 0 aliphatic carbocycles. The number of benzene rings is 2. The zero-order chi connectivity index (χ0) is 21.3. The van der Waals surface area contributed by atoms with E-state index < -0.39 is 5.25 Å². The van der Waals surface area contributed by atoms with Crippen LogP contribution in [0.2, 0.25) is 5.02 Å². The molecule has 5 nitrogen and oxygen atoms in total. The third kappa shape index (κ3) is 5.00. The maximum absolute atomic E-state index is 13.3. The molecule has 0 aliphatic heterocycles. The van der Waals surface area contributed by atoms with Crippen molar-refractivity contribution in [1.29, 1.82) is 0 Å². The van der Waals surface area contributed by atoms with Crippen molar-refractivity contribution in [3.05, 3.63) is 63.4 Å². The van der Waals surface area contributed by atoms with E-state index in [-0.39, 0.29) is 17.0 Å². The Morgan fingerprint density at radius 1 is 1.21 bits per heavy atom. The van der Waals surface area contributed by atoms with Crippen molar-refractivity contribution in [3.8, 4) is 5.69 Å². The van der Waals surface area contributed by atoms with Gasteiger partial charge in [0.05, 0.1) is 21.8 Å². The minimum atomic E-state index is -0.436. The molecule has 0 fully saturated rings. The topological polar surface area (TPSA) is 64.0 Å². The van der Waals surface area contributed by atoms with Crippen molar-refractivity contribution < 1.29 is 4.79 Å². The van der Waals surface area contributed by atoms with Gasteiger partial charge in [-0.1, -0.05) is 35.5 Å². The highest BCUT2D eigenvalue weighted by atomic mass is 35.5. The Labute approximate surface area is 179 Å². The number of halogens is 1. The fraction of sp³-hybridized carbons (Fsp3) is 0.318. The van der Waals surface area contributed by atoms with Crippen molar-refractivity contribution in [3.63, 3.8) is 0 Å². The van der Waals surface area contributed by atoms with Gasteiger partial charge in [0.1, 0.15) is 0 Å². The molecule has 1 N–H and O–H groups in total. The van der Waals surface area contributed by atoms with Gasteiger partial charge < -0.3 is 5.32 Å². The highest BCUT2D eigenvalue weighted by Crippen LogP contribution is 2.26. The van der Waals surface area contributed by atoms with Crippen LogP contribution in [0.1, 0.15) is 33.3 Å². The van der Waals surface area contributed by atoms with Crippen molar-refractivity contribution in [2.45, 2.75) is 50.6 Å². The van der Waals surface area contributed by atoms with Gasteiger partial charge in [0, 0.05) is 10.6 Å². The predicted octanol–water partition coefficient (Wildman–Crippen LogP) is 4.74. The largest absolute Gasteiger partial charge is 0.351 e. The van der Waals surface area contributed by atoms with Gasteiger partial charge in [-0.05, 0) is 70.5 Å². The second-order valence-electron chi connectivity index (χ2n) is 8.03. The second kappa shape index (κ2) is 8.20. The molecule has 0 radical (unpaired) electrons. The van der Waals surface area contributed by atoms with Crippen molar-refractivity contribution in [2.24, 2.45) is 0 Å². The molecule has 29 heavy (non-hydrogen) atoms. The standard InChI is InChI=1S/C22H24ClN3O2S/c1-13-7-6-8-16(11-13)26-20(28)17-10-9-15(23)12-18(17)24-21(26)29-14(2)19(27)25-22(3,4)5/h6-12,14H,1-5H3,(H,25,27). The van der Waals surface area contributed by atoms with E-state index in [1.165, 1.54) is 11.8 Å². The van der Waals surface area contributed by atoms with Gasteiger partial charge in [-0.2, -0.15) is 0 Å². The number of nitrogens with one attached hydrogen (secondary N) is 1. The van der Waals surface area contributed by atoms with Crippen LogP contribution in [0.25, 0.3) is 16.6 Å². The van der Waals surface area contributed by atoms with Crippen LogP contribution in [0.5, 0.6) is 0 Å². The Hall–Kier alpha value is -2.31. The van der Waals surface area contributed by atoms with Crippen molar-refractivity contribution in [1.82, 2.24) is 14.9 Å². The highest BCUT2D eigenvalue weighted by molar-refractivity contribution is 8.00. The number of aryl methyl sites for hydroxylation is 1. The lowest BCUT2D eigenvalue weighted by Gasteiger charge is -2.23. The van der Waals surface area contributed by atoms with Gasteiger partial charge in [0.25, 0.3) is 5.56 Å². The third-order valence-electron chi connectivity index (χ3n) is 4.21. The van der Waals surface area contributed by atoms with E-state index in [0.717, 1.165) is 5.56 Å². The summed E-state index contributed by atoms with van der Waals surface area (Å²) in [5.74, 6) is -0.112. The van der Waals surface area contributed by atoms with E-state index in [9.17, 15) is 9.59 Å². The average molecular weight is 430 g/mol. The number of nitrogens with zero attached hydrogens (tertiary/aromatic N) is 2. The van der Waals surface area contributed by atoms with E-state index in [2.05, 4.69) is 10.3 Å². The summed E-state index contributed by atoms with van der Waals surface area (Å²) in [6.07, 6.45) is 0. The van der Waals surface area contributed by atoms with Crippen LogP contribution in [0.15, 0.2) is 52.4 Å². The molecule has 7 heteroatoms. The first-order valence-electron chi connectivity index (χ1n) is 9.33. The van der Waals surface area contributed by atoms with Crippen LogP contribution in [0.3, 0.4) is 0 Å². The molecule has 2 aromatic carbocycles. The third-order valence-corrected chi connectivity index (χ3v) is 5.50. The fourth-order valence-corrected chi connectivity index (χ4v) is 3.99. The molecule has 0 saturated carbocycles. The summed E-state index contributed by atoms with van der Waals surface area (Å²) in [4.78, 5) is 30.6. The van der Waals surface area contributed by atoms with Gasteiger partial charge in [-0.25, -0.2) is 4.98 Å². The first kappa shape index (κ1) is 21.4. The molecule has 0 saturated heterocycles. The average Bonchev–Trinajstić information content (AvgIpc) is 2.60. The quantitative estimate of drug-likeness (QED) is 0.480. The predicted molar refractivity (Wildman–Crippen MR) is 120 cm³/mol. The van der Waals surface area contributed by atoms with Gasteiger partial charge in [0.15, 0.2) is 5.16 Å². The minimum Gasteiger partial charge on any atom is -0.351 e. The molecule has 0 aliphatic rings. The summed E-state index contributed by atoms with van der Waals surface area (Å²) in [6.45, 7) is 9.57. The molecule has 0 spiro atoms. The van der Waals surface area contributed by atoms with Crippen LogP contribution < -0.4 is 10.9 Å². The molecule has 1 heterocycles. The Morgan fingerprint density at radius 2 is 1.93 bits per heavy atom. The SMILES string of the molecule is Cc1cccc(-n2c(SC(C)C(=O)NC(C)(C)C)nc3cc(Cl)ccc3c2=O)c1. The molecule has 1 unspecified atom stereocenters. The van der Waals surface area contributed by atoms with Crippen LogP contribution in [-0.2, 0) is 4.79 Å². The Bertz CT molecular complexity index is 1140. The molecular formula is C22H24ClN3O2S. The number of carbonyl (C=O) groups is 1. The molecule has 1 atom stereocenters. The maximum atomic E-state index is 13.3. The van der Waals surface area contributed by atoms with Crippen LogP contribution in [0, 0.1) is 6.92 Å². The first-order chi connectivity index (χ1) is 13.5. The molecule has 3 aromatic rings. The number of hydrogen-bond acceptors (Lipinski definition) is 4. The summed E-state index contributed by atoms with van der Waals surface area (Å²) >= 11 is 7.36. The lowest BCUT2D eigenvalue weighted by molar-refractivity contribution is -0.121. The number of hydrogen-bond donors (Lipinski definition) is 1. The summed E-state index contributed by atoms with van der Waals surface area (Å²) in [5.41, 5.74) is 1.72. The Kier molecular flexibility index (Phi) is 6.05. The summed E-state index contributed by atoms with van der Waals surface area (Å²) < 4.78 is 1.56. The number of carbonyl (C=O) groups excluding carboxylic acids is 1. The molecular weight excluding hydrogens is 406 g/mol. The van der Waals surface area contributed by atoms with Gasteiger partial charge in [-0.3, -0.25) is 14.2 Å². The first-order valence-corrected chi connectivity index (χ1v) is 10.6. The zero-order valence-electron chi connectivity index (χ0n) is 17.1. The normalized spacial score (nSPS) is 12.8. The monoisotopic (exact) mass is 429 g/mol. The highest BCUT2D eigenvalue weighted by Gasteiger charge is 2.23. The number of amides is 1. The Balaban J connectivity index is 2.14. The van der Waals surface area contributed by atoms with Crippen LogP contribution in [0.4, 0.5) is 0 Å².